The Morgan fingerprint density at radius 1 is 0.775 bits per heavy atom. The number of H-pyrrole nitrogens is 1. The van der Waals surface area contributed by atoms with E-state index in [1.54, 1.807) is 31.7 Å². The van der Waals surface area contributed by atoms with Crippen LogP contribution in [0.4, 0.5) is 5.69 Å². The minimum Gasteiger partial charge on any atom is -0.462 e. The number of amides is 1. The number of aromatic nitrogens is 2. The number of aryl methyl sites for hydroxylation is 1. The van der Waals surface area contributed by atoms with Crippen LogP contribution in [0.15, 0.2) is 39.7 Å². The highest BCUT2D eigenvalue weighted by atomic mass is 32.2. The molecule has 2 aliphatic rings. The molecule has 44 heteroatoms. The van der Waals surface area contributed by atoms with Crippen LogP contribution in [0.3, 0.4) is 0 Å². The van der Waals surface area contributed by atoms with Crippen molar-refractivity contribution in [3.05, 3.63) is 73.2 Å². The van der Waals surface area contributed by atoms with Gasteiger partial charge in [0, 0.05) is 59.2 Å². The number of nitrogens with zero attached hydrogens (tertiary/aromatic N) is 2. The van der Waals surface area contributed by atoms with Crippen LogP contribution in [-0.2, 0) is 93.1 Å². The molecule has 2 aromatic rings. The predicted molar refractivity (Wildman–Crippen MR) is 271 cm³/mol. The Balaban J connectivity index is 1.25. The molecule has 80 heavy (non-hydrogen) atoms. The lowest BCUT2D eigenvalue weighted by Crippen LogP contribution is -2.33. The fraction of sp³-hybridized carbons (Fsp3) is 0.611. The Kier molecular flexibility index (Phi) is 23.7. The Hall–Kier alpha value is -3.02. The van der Waals surface area contributed by atoms with E-state index in [2.05, 4.69) is 35.9 Å². The number of allylic oxidation sites excluding steroid dienone is 2. The molecule has 1 amide bonds. The van der Waals surface area contributed by atoms with Gasteiger partial charge in [-0.05, 0) is 51.7 Å². The molecule has 9 atom stereocenters. The maximum absolute atomic E-state index is 13.5. The van der Waals surface area contributed by atoms with E-state index in [-0.39, 0.29) is 74.7 Å². The third kappa shape index (κ3) is 21.6. The first-order valence-corrected chi connectivity index (χ1v) is 35.1. The second-order valence-electron chi connectivity index (χ2n) is 17.7. The Labute approximate surface area is 454 Å². The summed E-state index contributed by atoms with van der Waals surface area (Å²) in [5, 5.41) is 12.9. The average molecular weight is 1310 g/mol. The van der Waals surface area contributed by atoms with E-state index in [1.807, 2.05) is 4.98 Å². The maximum Gasteiger partial charge on any atom is 0.490 e. The standard InChI is InChI=1S/C36H58N4O32P6S2/c1-5-29-36(3,4)31-25(34(44)64-14-11-17-80(61,62)63)18-24(19-26(31)39(29)13-10-16-79(58,59)60)33(43)37-12-8-6-7-9-15-65-73(46,47)68-75(50,51)70-77(54,55)72-78(56,57)71-76(52,53)69-74(48,49)66-22-28-27(41)20-30(67-28)40-21-23(2)32(42)38-35(40)45/h5,18-19,21,27-28,30,41H,6-17,20,22H2,1-4H3,(H,37,43)(H,46,47)(H,48,49)(H,50,51)(H,52,53)(H,54,55)(H,56,57)(H,38,42,45)(H,58,59,60)(H,61,62,63)/b29-5+/t27-,28-,30-/m0/s1. The Bertz CT molecular complexity index is 3310. The molecule has 36 nitrogen and oxygen atoms in total. The summed E-state index contributed by atoms with van der Waals surface area (Å²) in [6, 6.07) is 2.70. The number of fused-ring (bicyclic) bond motifs is 1. The number of unbranched alkanes of at least 4 members (excludes halogenated alkanes) is 3. The summed E-state index contributed by atoms with van der Waals surface area (Å²) in [7, 11) is -46.2. The summed E-state index contributed by atoms with van der Waals surface area (Å²) < 4.78 is 177. The molecule has 11 N–H and O–H groups in total. The lowest BCUT2D eigenvalue weighted by Gasteiger charge is -2.27. The molecule has 0 aliphatic carbocycles. The second-order valence-corrected chi connectivity index (χ2v) is 30.3. The molecular weight excluding hydrogens is 1250 g/mol. The van der Waals surface area contributed by atoms with Gasteiger partial charge in [0.05, 0.1) is 43.0 Å². The van der Waals surface area contributed by atoms with Crippen molar-refractivity contribution in [1.82, 2.24) is 14.9 Å². The first kappa shape index (κ1) is 69.5. The van der Waals surface area contributed by atoms with Crippen LogP contribution in [0.5, 0.6) is 0 Å². The number of hydrogen-bond acceptors (Lipinski definition) is 25. The van der Waals surface area contributed by atoms with Crippen LogP contribution < -0.4 is 21.5 Å². The first-order chi connectivity index (χ1) is 36.5. The van der Waals surface area contributed by atoms with Crippen LogP contribution in [0.25, 0.3) is 0 Å². The minimum absolute atomic E-state index is 0.00639. The number of benzene rings is 1. The highest BCUT2D eigenvalue weighted by Crippen LogP contribution is 2.75. The third-order valence-corrected chi connectivity index (χ3v) is 21.8. The molecule has 6 unspecified atom stereocenters. The smallest absolute Gasteiger partial charge is 0.462 e. The number of ether oxygens (including phenoxy) is 2. The van der Waals surface area contributed by atoms with Gasteiger partial charge in [0.25, 0.3) is 31.7 Å². The molecule has 1 aromatic carbocycles. The van der Waals surface area contributed by atoms with Crippen LogP contribution in [0.2, 0.25) is 0 Å². The van der Waals surface area contributed by atoms with Gasteiger partial charge in [-0.25, -0.2) is 37.0 Å². The first-order valence-electron chi connectivity index (χ1n) is 22.9. The predicted octanol–water partition coefficient (Wildman–Crippen LogP) is 2.92. The molecule has 456 valence electrons. The zero-order valence-electron chi connectivity index (χ0n) is 42.2. The number of esters is 1. The summed E-state index contributed by atoms with van der Waals surface area (Å²) in [5.41, 5.74) is -1.39. The van der Waals surface area contributed by atoms with Crippen molar-refractivity contribution in [2.45, 2.75) is 96.5 Å². The largest absolute Gasteiger partial charge is 0.490 e. The van der Waals surface area contributed by atoms with Crippen molar-refractivity contribution >= 4 is 84.7 Å². The second kappa shape index (κ2) is 27.3. The quantitative estimate of drug-likeness (QED) is 0.0217. The number of phosphoric ester groups is 2. The zero-order chi connectivity index (χ0) is 60.7. The molecular formula is C36H58N4O32P6S2. The van der Waals surface area contributed by atoms with E-state index >= 15 is 0 Å². The highest BCUT2D eigenvalue weighted by Gasteiger charge is 2.50. The third-order valence-electron chi connectivity index (χ3n) is 11.0. The normalized spacial score (nSPS) is 22.5. The number of aromatic amines is 1. The van der Waals surface area contributed by atoms with Crippen LogP contribution in [0, 0.1) is 6.92 Å². The number of aliphatic hydroxyl groups excluding tert-OH is 1. The van der Waals surface area contributed by atoms with Crippen molar-refractivity contribution in [3.63, 3.8) is 0 Å². The van der Waals surface area contributed by atoms with Crippen LogP contribution in [0.1, 0.15) is 104 Å². The minimum atomic E-state index is -6.58. The van der Waals surface area contributed by atoms with Gasteiger partial charge in [-0.2, -0.15) is 38.4 Å². The van der Waals surface area contributed by atoms with Gasteiger partial charge < -0.3 is 54.2 Å². The van der Waals surface area contributed by atoms with Crippen LogP contribution >= 0.6 is 46.9 Å². The molecule has 0 spiro atoms. The average Bonchev–Trinajstić information content (AvgIpc) is 3.74. The summed E-state index contributed by atoms with van der Waals surface area (Å²) in [6.07, 6.45) is -1.64. The summed E-state index contributed by atoms with van der Waals surface area (Å²) >= 11 is 0. The highest BCUT2D eigenvalue weighted by molar-refractivity contribution is 7.86. The van der Waals surface area contributed by atoms with E-state index in [1.165, 1.54) is 19.1 Å². The lowest BCUT2D eigenvalue weighted by atomic mass is 9.80. The zero-order valence-corrected chi connectivity index (χ0v) is 49.2. The Morgan fingerprint density at radius 2 is 1.30 bits per heavy atom. The molecule has 2 aliphatic heterocycles. The summed E-state index contributed by atoms with van der Waals surface area (Å²) in [4.78, 5) is 114. The van der Waals surface area contributed by atoms with E-state index in [0.717, 1.165) is 10.8 Å². The Morgan fingerprint density at radius 3 is 1.85 bits per heavy atom. The van der Waals surface area contributed by atoms with Crippen LogP contribution in [-0.4, -0.2) is 138 Å². The van der Waals surface area contributed by atoms with Crippen molar-refractivity contribution in [1.29, 1.82) is 0 Å². The fourth-order valence-corrected chi connectivity index (χ4v) is 16.7. The SMILES string of the molecule is C/C=C1/N(CCCS(=O)(=O)O)c2cc(C(=O)NCCCCCCOP(=O)(O)OP(=O)(O)OP(=O)(O)OP(=O)(O)OP(=O)(O)OP(=O)(O)OC[C@@H]3O[C@H](n4cc(C)c(=O)[nH]c4=O)C[C@@H]3O)cc(C(=O)OCCCS(=O)(=O)O)c2C1(C)C. The van der Waals surface area contributed by atoms with Crippen molar-refractivity contribution in [2.24, 2.45) is 0 Å². The molecule has 1 fully saturated rings. The monoisotopic (exact) mass is 1310 g/mol. The van der Waals surface area contributed by atoms with E-state index in [9.17, 15) is 102 Å². The van der Waals surface area contributed by atoms with Gasteiger partial charge >= 0.3 is 58.6 Å². The van der Waals surface area contributed by atoms with Gasteiger partial charge in [0.2, 0.25) is 0 Å². The van der Waals surface area contributed by atoms with Gasteiger partial charge in [0.1, 0.15) is 12.3 Å². The van der Waals surface area contributed by atoms with Gasteiger partial charge in [-0.3, -0.25) is 37.3 Å². The number of hydrogen-bond donors (Lipinski definition) is 11. The topological polar surface area (TPSA) is 540 Å². The van der Waals surface area contributed by atoms with Crippen molar-refractivity contribution < 1.29 is 137 Å². The van der Waals surface area contributed by atoms with Crippen molar-refractivity contribution in [2.75, 3.05) is 49.3 Å². The maximum atomic E-state index is 13.5. The summed E-state index contributed by atoms with van der Waals surface area (Å²) in [5.74, 6) is -2.96. The van der Waals surface area contributed by atoms with Gasteiger partial charge in [-0.15, -0.1) is 0 Å². The molecule has 3 heterocycles. The van der Waals surface area contributed by atoms with E-state index < -0.39 is 145 Å². The molecule has 1 saturated heterocycles. The van der Waals surface area contributed by atoms with Crippen molar-refractivity contribution in [3.8, 4) is 0 Å². The number of aliphatic hydroxyl groups is 1. The molecule has 0 bridgehead atoms. The molecule has 0 radical (unpaired) electrons. The molecule has 1 aromatic heterocycles. The van der Waals surface area contributed by atoms with Gasteiger partial charge in [0.15, 0.2) is 0 Å². The lowest BCUT2D eigenvalue weighted by molar-refractivity contribution is -0.0450. The number of anilines is 1. The number of carbonyl (C=O) groups is 2. The van der Waals surface area contributed by atoms with E-state index in [0.29, 0.717) is 16.9 Å². The molecule has 0 saturated carbocycles. The fourth-order valence-electron chi connectivity index (χ4n) is 7.86. The van der Waals surface area contributed by atoms with Gasteiger partial charge in [-0.1, -0.05) is 32.8 Å². The molecule has 4 rings (SSSR count). The number of nitrogens with one attached hydrogen (secondary N) is 2. The summed E-state index contributed by atoms with van der Waals surface area (Å²) in [6.45, 7) is 4.28. The number of rotatable bonds is 32. The number of carbonyl (C=O) groups excluding carboxylic acids is 2. The van der Waals surface area contributed by atoms with E-state index in [4.69, 9.17) is 14.0 Å². The number of phosphoric acid groups is 6.